The van der Waals surface area contributed by atoms with Crippen molar-refractivity contribution in [2.45, 2.75) is 13.1 Å². The third kappa shape index (κ3) is 5.75. The molecule has 0 heterocycles. The Morgan fingerprint density at radius 3 is 1.97 bits per heavy atom. The van der Waals surface area contributed by atoms with Gasteiger partial charge in [-0.05, 0) is 47.5 Å². The third-order valence-electron chi connectivity index (χ3n) is 4.67. The standard InChI is InChI=1S/C24H27N3O2/c1-26(2)22-13-9-20(10-14-22)18-27(17-19-7-5-4-6-8-19)24(28)25-21-11-15-23(29-3)16-12-21/h4-16H,17-18H2,1-3H3,(H,25,28). The molecule has 0 atom stereocenters. The number of anilines is 2. The van der Waals surface area contributed by atoms with Crippen LogP contribution in [0.15, 0.2) is 78.9 Å². The topological polar surface area (TPSA) is 44.8 Å². The lowest BCUT2D eigenvalue weighted by Gasteiger charge is -2.24. The molecule has 1 N–H and O–H groups in total. The molecule has 0 spiro atoms. The van der Waals surface area contributed by atoms with Crippen molar-refractivity contribution in [1.82, 2.24) is 4.90 Å². The van der Waals surface area contributed by atoms with Crippen LogP contribution < -0.4 is 15.0 Å². The number of nitrogens with zero attached hydrogens (tertiary/aromatic N) is 2. The maximum absolute atomic E-state index is 13.0. The smallest absolute Gasteiger partial charge is 0.322 e. The van der Waals surface area contributed by atoms with E-state index in [4.69, 9.17) is 4.74 Å². The predicted octanol–water partition coefficient (Wildman–Crippen LogP) is 5.00. The van der Waals surface area contributed by atoms with Crippen LogP contribution in [0, 0.1) is 0 Å². The van der Waals surface area contributed by atoms with Crippen LogP contribution in [0.3, 0.4) is 0 Å². The number of ether oxygens (including phenoxy) is 1. The maximum Gasteiger partial charge on any atom is 0.322 e. The summed E-state index contributed by atoms with van der Waals surface area (Å²) in [7, 11) is 5.65. The van der Waals surface area contributed by atoms with Crippen LogP contribution in [0.2, 0.25) is 0 Å². The van der Waals surface area contributed by atoms with Gasteiger partial charge in [-0.2, -0.15) is 0 Å². The Morgan fingerprint density at radius 1 is 0.828 bits per heavy atom. The number of methoxy groups -OCH3 is 1. The quantitative estimate of drug-likeness (QED) is 0.619. The second-order valence-electron chi connectivity index (χ2n) is 7.06. The molecule has 0 bridgehead atoms. The summed E-state index contributed by atoms with van der Waals surface area (Å²) in [5, 5.41) is 2.99. The van der Waals surface area contributed by atoms with Gasteiger partial charge >= 0.3 is 6.03 Å². The molecule has 0 unspecified atom stereocenters. The molecular weight excluding hydrogens is 362 g/mol. The van der Waals surface area contributed by atoms with Gasteiger partial charge in [0.25, 0.3) is 0 Å². The van der Waals surface area contributed by atoms with E-state index in [0.717, 1.165) is 28.3 Å². The van der Waals surface area contributed by atoms with Gasteiger partial charge in [0, 0.05) is 38.6 Å². The fourth-order valence-electron chi connectivity index (χ4n) is 3.00. The molecule has 150 valence electrons. The molecule has 0 saturated heterocycles. The number of hydrogen-bond acceptors (Lipinski definition) is 3. The van der Waals surface area contributed by atoms with Gasteiger partial charge < -0.3 is 19.9 Å². The number of urea groups is 1. The molecule has 3 aromatic carbocycles. The van der Waals surface area contributed by atoms with Gasteiger partial charge in [-0.3, -0.25) is 0 Å². The zero-order chi connectivity index (χ0) is 20.6. The first-order chi connectivity index (χ1) is 14.0. The Kier molecular flexibility index (Phi) is 6.74. The SMILES string of the molecule is COc1ccc(NC(=O)N(Cc2ccccc2)Cc2ccc(N(C)C)cc2)cc1. The number of carbonyl (C=O) groups is 1. The largest absolute Gasteiger partial charge is 0.497 e. The molecule has 5 nitrogen and oxygen atoms in total. The average Bonchev–Trinajstić information content (AvgIpc) is 2.75. The molecule has 0 aliphatic carbocycles. The van der Waals surface area contributed by atoms with Crippen LogP contribution in [0.25, 0.3) is 0 Å². The van der Waals surface area contributed by atoms with Crippen molar-refractivity contribution in [2.75, 3.05) is 31.4 Å². The van der Waals surface area contributed by atoms with Crippen LogP contribution in [-0.2, 0) is 13.1 Å². The van der Waals surface area contributed by atoms with Gasteiger partial charge in [0.2, 0.25) is 0 Å². The Labute approximate surface area is 172 Å². The monoisotopic (exact) mass is 389 g/mol. The van der Waals surface area contributed by atoms with E-state index in [1.165, 1.54) is 0 Å². The Balaban J connectivity index is 1.76. The van der Waals surface area contributed by atoms with Crippen molar-refractivity contribution < 1.29 is 9.53 Å². The normalized spacial score (nSPS) is 10.3. The minimum Gasteiger partial charge on any atom is -0.497 e. The second-order valence-corrected chi connectivity index (χ2v) is 7.06. The molecule has 0 saturated carbocycles. The molecule has 0 fully saturated rings. The van der Waals surface area contributed by atoms with Crippen molar-refractivity contribution in [3.63, 3.8) is 0 Å². The maximum atomic E-state index is 13.0. The third-order valence-corrected chi connectivity index (χ3v) is 4.67. The Bertz CT molecular complexity index is 907. The summed E-state index contributed by atoms with van der Waals surface area (Å²) in [6.07, 6.45) is 0. The first-order valence-electron chi connectivity index (χ1n) is 9.55. The second kappa shape index (κ2) is 9.64. The highest BCUT2D eigenvalue weighted by atomic mass is 16.5. The summed E-state index contributed by atoms with van der Waals surface area (Å²) in [5.74, 6) is 0.755. The lowest BCUT2D eigenvalue weighted by atomic mass is 10.1. The molecular formula is C24H27N3O2. The molecule has 0 aliphatic heterocycles. The van der Waals surface area contributed by atoms with Gasteiger partial charge in [-0.1, -0.05) is 42.5 Å². The molecule has 5 heteroatoms. The van der Waals surface area contributed by atoms with E-state index in [2.05, 4.69) is 34.5 Å². The molecule has 0 aromatic heterocycles. The molecule has 29 heavy (non-hydrogen) atoms. The van der Waals surface area contributed by atoms with E-state index in [9.17, 15) is 4.79 Å². The minimum absolute atomic E-state index is 0.143. The van der Waals surface area contributed by atoms with Crippen molar-refractivity contribution in [1.29, 1.82) is 0 Å². The Morgan fingerprint density at radius 2 is 1.41 bits per heavy atom. The van der Waals surface area contributed by atoms with Crippen molar-refractivity contribution in [2.24, 2.45) is 0 Å². The zero-order valence-corrected chi connectivity index (χ0v) is 17.1. The highest BCUT2D eigenvalue weighted by Crippen LogP contribution is 2.18. The summed E-state index contributed by atoms with van der Waals surface area (Å²) in [6.45, 7) is 1.04. The van der Waals surface area contributed by atoms with Crippen LogP contribution in [0.4, 0.5) is 16.2 Å². The summed E-state index contributed by atoms with van der Waals surface area (Å²) in [6, 6.07) is 25.5. The minimum atomic E-state index is -0.143. The number of benzene rings is 3. The van der Waals surface area contributed by atoms with E-state index in [-0.39, 0.29) is 6.03 Å². The fourth-order valence-corrected chi connectivity index (χ4v) is 3.00. The summed E-state index contributed by atoms with van der Waals surface area (Å²) in [5.41, 5.74) is 4.03. The van der Waals surface area contributed by atoms with Gasteiger partial charge in [0.1, 0.15) is 5.75 Å². The molecule has 0 aliphatic rings. The van der Waals surface area contributed by atoms with E-state index in [0.29, 0.717) is 13.1 Å². The lowest BCUT2D eigenvalue weighted by molar-refractivity contribution is 0.206. The zero-order valence-electron chi connectivity index (χ0n) is 17.1. The molecule has 2 amide bonds. The predicted molar refractivity (Wildman–Crippen MR) is 118 cm³/mol. The number of rotatable bonds is 7. The molecule has 3 rings (SSSR count). The number of hydrogen-bond donors (Lipinski definition) is 1. The summed E-state index contributed by atoms with van der Waals surface area (Å²) < 4.78 is 5.18. The van der Waals surface area contributed by atoms with Gasteiger partial charge in [-0.15, -0.1) is 0 Å². The fraction of sp³-hybridized carbons (Fsp3) is 0.208. The number of carbonyl (C=O) groups excluding carboxylic acids is 1. The van der Waals surface area contributed by atoms with Crippen molar-refractivity contribution in [3.8, 4) is 5.75 Å². The lowest BCUT2D eigenvalue weighted by Crippen LogP contribution is -2.34. The first kappa shape index (κ1) is 20.3. The average molecular weight is 389 g/mol. The summed E-state index contributed by atoms with van der Waals surface area (Å²) in [4.78, 5) is 16.9. The molecule has 0 radical (unpaired) electrons. The number of nitrogens with one attached hydrogen (secondary N) is 1. The Hall–Kier alpha value is -3.47. The summed E-state index contributed by atoms with van der Waals surface area (Å²) >= 11 is 0. The first-order valence-corrected chi connectivity index (χ1v) is 9.55. The van der Waals surface area contributed by atoms with Crippen molar-refractivity contribution >= 4 is 17.4 Å². The highest BCUT2D eigenvalue weighted by molar-refractivity contribution is 5.89. The van der Waals surface area contributed by atoms with Crippen LogP contribution >= 0.6 is 0 Å². The van der Waals surface area contributed by atoms with E-state index in [1.54, 1.807) is 7.11 Å². The van der Waals surface area contributed by atoms with E-state index >= 15 is 0 Å². The van der Waals surface area contributed by atoms with Crippen LogP contribution in [0.5, 0.6) is 5.75 Å². The van der Waals surface area contributed by atoms with Gasteiger partial charge in [-0.25, -0.2) is 4.79 Å². The van der Waals surface area contributed by atoms with E-state index in [1.807, 2.05) is 73.6 Å². The van der Waals surface area contributed by atoms with Crippen LogP contribution in [-0.4, -0.2) is 32.1 Å². The number of amides is 2. The van der Waals surface area contributed by atoms with Crippen molar-refractivity contribution in [3.05, 3.63) is 90.0 Å². The highest BCUT2D eigenvalue weighted by Gasteiger charge is 2.15. The van der Waals surface area contributed by atoms with Crippen LogP contribution in [0.1, 0.15) is 11.1 Å². The van der Waals surface area contributed by atoms with Gasteiger partial charge in [0.15, 0.2) is 0 Å². The molecule has 3 aromatic rings. The van der Waals surface area contributed by atoms with E-state index < -0.39 is 0 Å². The van der Waals surface area contributed by atoms with Gasteiger partial charge in [0.05, 0.1) is 7.11 Å².